The fourth-order valence-electron chi connectivity index (χ4n) is 4.49. The molecular formula is C23H29FN4O2. The SMILES string of the molecule is O=C(CCC1CCCCC1)N1CCN(C(=O)c2ccn(-c3ccccc3F)n2)CC1. The Morgan fingerprint density at radius 3 is 2.40 bits per heavy atom. The maximum Gasteiger partial charge on any atom is 0.274 e. The molecule has 0 bridgehead atoms. The van der Waals surface area contributed by atoms with Crippen molar-refractivity contribution in [3.63, 3.8) is 0 Å². The van der Waals surface area contributed by atoms with Crippen LogP contribution >= 0.6 is 0 Å². The van der Waals surface area contributed by atoms with E-state index >= 15 is 0 Å². The Labute approximate surface area is 176 Å². The van der Waals surface area contributed by atoms with Gasteiger partial charge in [-0.1, -0.05) is 44.2 Å². The van der Waals surface area contributed by atoms with Crippen LogP contribution in [0, 0.1) is 11.7 Å². The van der Waals surface area contributed by atoms with Crippen LogP contribution in [0.3, 0.4) is 0 Å². The summed E-state index contributed by atoms with van der Waals surface area (Å²) < 4.78 is 15.3. The molecule has 1 aliphatic heterocycles. The third-order valence-corrected chi connectivity index (χ3v) is 6.32. The molecule has 0 atom stereocenters. The highest BCUT2D eigenvalue weighted by Crippen LogP contribution is 2.27. The Morgan fingerprint density at radius 1 is 0.967 bits per heavy atom. The van der Waals surface area contributed by atoms with E-state index in [1.807, 2.05) is 4.90 Å². The maximum absolute atomic E-state index is 13.9. The molecule has 2 aliphatic rings. The van der Waals surface area contributed by atoms with E-state index in [0.29, 0.717) is 44.2 Å². The molecule has 1 saturated heterocycles. The standard InChI is InChI=1S/C23H29FN4O2/c24-19-8-4-5-9-21(19)28-13-12-20(25-28)23(30)27-16-14-26(15-17-27)22(29)11-10-18-6-2-1-3-7-18/h4-5,8-9,12-13,18H,1-3,6-7,10-11,14-17H2. The molecule has 1 aromatic carbocycles. The third kappa shape index (κ3) is 4.71. The molecule has 4 rings (SSSR count). The van der Waals surface area contributed by atoms with Gasteiger partial charge < -0.3 is 9.80 Å². The van der Waals surface area contributed by atoms with Crippen LogP contribution in [0.4, 0.5) is 4.39 Å². The van der Waals surface area contributed by atoms with E-state index in [1.165, 1.54) is 42.9 Å². The zero-order chi connectivity index (χ0) is 20.9. The molecule has 2 fully saturated rings. The number of nitrogens with zero attached hydrogens (tertiary/aromatic N) is 4. The normalized spacial score (nSPS) is 17.9. The molecule has 1 aliphatic carbocycles. The number of halogens is 1. The van der Waals surface area contributed by atoms with Crippen molar-refractivity contribution in [2.24, 2.45) is 5.92 Å². The van der Waals surface area contributed by atoms with Crippen molar-refractivity contribution < 1.29 is 14.0 Å². The van der Waals surface area contributed by atoms with Crippen LogP contribution in [0.5, 0.6) is 0 Å². The first-order valence-corrected chi connectivity index (χ1v) is 11.0. The van der Waals surface area contributed by atoms with Gasteiger partial charge in [0.15, 0.2) is 5.69 Å². The number of benzene rings is 1. The molecule has 1 aromatic heterocycles. The summed E-state index contributed by atoms with van der Waals surface area (Å²) in [7, 11) is 0. The number of hydrogen-bond donors (Lipinski definition) is 0. The molecule has 30 heavy (non-hydrogen) atoms. The summed E-state index contributed by atoms with van der Waals surface area (Å²) in [5.74, 6) is 0.339. The molecule has 6 nitrogen and oxygen atoms in total. The fraction of sp³-hybridized carbons (Fsp3) is 0.522. The zero-order valence-corrected chi connectivity index (χ0v) is 17.3. The Balaban J connectivity index is 1.28. The average molecular weight is 413 g/mol. The fourth-order valence-corrected chi connectivity index (χ4v) is 4.49. The first-order valence-electron chi connectivity index (χ1n) is 11.0. The third-order valence-electron chi connectivity index (χ3n) is 6.32. The second-order valence-electron chi connectivity index (χ2n) is 8.31. The minimum Gasteiger partial charge on any atom is -0.339 e. The smallest absolute Gasteiger partial charge is 0.274 e. The number of para-hydroxylation sites is 1. The van der Waals surface area contributed by atoms with Crippen molar-refractivity contribution in [1.29, 1.82) is 0 Å². The number of rotatable bonds is 5. The van der Waals surface area contributed by atoms with E-state index in [-0.39, 0.29) is 23.3 Å². The van der Waals surface area contributed by atoms with Crippen LogP contribution in [0.1, 0.15) is 55.4 Å². The Hall–Kier alpha value is -2.70. The summed E-state index contributed by atoms with van der Waals surface area (Å²) in [6.07, 6.45) is 9.65. The highest BCUT2D eigenvalue weighted by molar-refractivity contribution is 5.92. The first kappa shape index (κ1) is 20.6. The Kier molecular flexibility index (Phi) is 6.45. The second kappa shape index (κ2) is 9.41. The zero-order valence-electron chi connectivity index (χ0n) is 17.3. The van der Waals surface area contributed by atoms with Gasteiger partial charge in [-0.05, 0) is 30.5 Å². The maximum atomic E-state index is 13.9. The molecule has 2 amide bonds. The van der Waals surface area contributed by atoms with Crippen molar-refractivity contribution in [2.75, 3.05) is 26.2 Å². The lowest BCUT2D eigenvalue weighted by Crippen LogP contribution is -2.50. The quantitative estimate of drug-likeness (QED) is 0.753. The van der Waals surface area contributed by atoms with Gasteiger partial charge in [-0.15, -0.1) is 0 Å². The van der Waals surface area contributed by atoms with Crippen molar-refractivity contribution in [2.45, 2.75) is 44.9 Å². The number of aromatic nitrogens is 2. The van der Waals surface area contributed by atoms with Crippen LogP contribution in [-0.4, -0.2) is 57.6 Å². The van der Waals surface area contributed by atoms with Gasteiger partial charge in [-0.3, -0.25) is 9.59 Å². The second-order valence-corrected chi connectivity index (χ2v) is 8.31. The van der Waals surface area contributed by atoms with Crippen molar-refractivity contribution in [1.82, 2.24) is 19.6 Å². The summed E-state index contributed by atoms with van der Waals surface area (Å²) in [4.78, 5) is 28.9. The highest BCUT2D eigenvalue weighted by Gasteiger charge is 2.26. The van der Waals surface area contributed by atoms with Gasteiger partial charge >= 0.3 is 0 Å². The Bertz CT molecular complexity index is 883. The molecule has 160 valence electrons. The summed E-state index contributed by atoms with van der Waals surface area (Å²) in [5, 5.41) is 4.26. The number of carbonyl (C=O) groups is 2. The summed E-state index contributed by atoms with van der Waals surface area (Å²) in [5.41, 5.74) is 0.597. The molecule has 0 spiro atoms. The molecule has 7 heteroatoms. The predicted molar refractivity (Wildman–Crippen MR) is 112 cm³/mol. The van der Waals surface area contributed by atoms with Gasteiger partial charge in [0.1, 0.15) is 11.5 Å². The molecule has 2 aromatic rings. The molecule has 2 heterocycles. The minimum absolute atomic E-state index is 0.181. The van der Waals surface area contributed by atoms with E-state index < -0.39 is 0 Å². The lowest BCUT2D eigenvalue weighted by molar-refractivity contribution is -0.133. The van der Waals surface area contributed by atoms with Crippen LogP contribution in [-0.2, 0) is 4.79 Å². The van der Waals surface area contributed by atoms with Gasteiger partial charge in [0.2, 0.25) is 5.91 Å². The lowest BCUT2D eigenvalue weighted by Gasteiger charge is -2.34. The van der Waals surface area contributed by atoms with Crippen molar-refractivity contribution >= 4 is 11.8 Å². The largest absolute Gasteiger partial charge is 0.339 e. The topological polar surface area (TPSA) is 58.4 Å². The van der Waals surface area contributed by atoms with Gasteiger partial charge in [0.25, 0.3) is 5.91 Å². The van der Waals surface area contributed by atoms with Gasteiger partial charge in [0.05, 0.1) is 0 Å². The molecular weight excluding hydrogens is 383 g/mol. The lowest BCUT2D eigenvalue weighted by atomic mass is 9.86. The number of carbonyl (C=O) groups excluding carboxylic acids is 2. The van der Waals surface area contributed by atoms with E-state index in [2.05, 4.69) is 5.10 Å². The van der Waals surface area contributed by atoms with Crippen LogP contribution in [0.2, 0.25) is 0 Å². The summed E-state index contributed by atoms with van der Waals surface area (Å²) >= 11 is 0. The minimum atomic E-state index is -0.389. The van der Waals surface area contributed by atoms with E-state index in [9.17, 15) is 14.0 Å². The van der Waals surface area contributed by atoms with E-state index in [4.69, 9.17) is 0 Å². The van der Waals surface area contributed by atoms with Crippen molar-refractivity contribution in [3.05, 3.63) is 48.0 Å². The van der Waals surface area contributed by atoms with Crippen LogP contribution in [0.15, 0.2) is 36.5 Å². The van der Waals surface area contributed by atoms with Gasteiger partial charge in [0, 0.05) is 38.8 Å². The number of hydrogen-bond acceptors (Lipinski definition) is 3. The number of piperazine rings is 1. The number of amides is 2. The molecule has 0 unspecified atom stereocenters. The van der Waals surface area contributed by atoms with Gasteiger partial charge in [-0.25, -0.2) is 9.07 Å². The van der Waals surface area contributed by atoms with Crippen LogP contribution < -0.4 is 0 Å². The highest BCUT2D eigenvalue weighted by atomic mass is 19.1. The molecule has 1 saturated carbocycles. The van der Waals surface area contributed by atoms with Gasteiger partial charge in [-0.2, -0.15) is 5.10 Å². The first-order chi connectivity index (χ1) is 14.6. The predicted octanol–water partition coefficient (Wildman–Crippen LogP) is 3.66. The summed E-state index contributed by atoms with van der Waals surface area (Å²) in [6, 6.07) is 7.93. The van der Waals surface area contributed by atoms with E-state index in [1.54, 1.807) is 35.4 Å². The monoisotopic (exact) mass is 412 g/mol. The average Bonchev–Trinajstić information content (AvgIpc) is 3.28. The van der Waals surface area contributed by atoms with E-state index in [0.717, 1.165) is 6.42 Å². The molecule has 0 radical (unpaired) electrons. The van der Waals surface area contributed by atoms with Crippen LogP contribution in [0.25, 0.3) is 5.69 Å². The summed E-state index contributed by atoms with van der Waals surface area (Å²) in [6.45, 7) is 2.12. The molecule has 0 N–H and O–H groups in total. The van der Waals surface area contributed by atoms with Crippen molar-refractivity contribution in [3.8, 4) is 5.69 Å². The Morgan fingerprint density at radius 2 is 1.67 bits per heavy atom.